The summed E-state index contributed by atoms with van der Waals surface area (Å²) < 4.78 is 40.9. The van der Waals surface area contributed by atoms with Crippen molar-refractivity contribution in [1.82, 2.24) is 19.6 Å². The van der Waals surface area contributed by atoms with Gasteiger partial charge in [0.15, 0.2) is 0 Å². The maximum atomic E-state index is 12.9. The van der Waals surface area contributed by atoms with Crippen LogP contribution in [0.25, 0.3) is 5.69 Å². The third-order valence-electron chi connectivity index (χ3n) is 3.93. The number of hydrogen-bond donors (Lipinski definition) is 2. The lowest BCUT2D eigenvalue weighted by molar-refractivity contribution is -0.137. The van der Waals surface area contributed by atoms with E-state index < -0.39 is 23.4 Å². The van der Waals surface area contributed by atoms with E-state index in [2.05, 4.69) is 15.5 Å². The highest BCUT2D eigenvalue weighted by Crippen LogP contribution is 2.30. The van der Waals surface area contributed by atoms with Crippen LogP contribution >= 0.6 is 11.6 Å². The van der Waals surface area contributed by atoms with Gasteiger partial charge in [0.1, 0.15) is 5.02 Å². The number of aryl methyl sites for hydroxylation is 1. The first-order valence-electron chi connectivity index (χ1n) is 8.03. The first-order chi connectivity index (χ1) is 13.2. The largest absolute Gasteiger partial charge is 0.416 e. The quantitative estimate of drug-likeness (QED) is 0.672. The van der Waals surface area contributed by atoms with Gasteiger partial charge in [-0.05, 0) is 18.2 Å². The van der Waals surface area contributed by atoms with Crippen LogP contribution in [0.3, 0.4) is 0 Å². The van der Waals surface area contributed by atoms with Crippen LogP contribution in [0.2, 0.25) is 5.02 Å². The van der Waals surface area contributed by atoms with Crippen molar-refractivity contribution in [3.8, 4) is 5.69 Å². The van der Waals surface area contributed by atoms with Gasteiger partial charge in [0.05, 0.1) is 35.4 Å². The molecule has 0 bridgehead atoms. The smallest absolute Gasteiger partial charge is 0.386 e. The Kier molecular flexibility index (Phi) is 5.43. The number of benzene rings is 1. The van der Waals surface area contributed by atoms with Crippen LogP contribution in [0.1, 0.15) is 17.2 Å². The summed E-state index contributed by atoms with van der Waals surface area (Å²) in [6.07, 6.45) is -1.11. The third-order valence-corrected chi connectivity index (χ3v) is 4.30. The van der Waals surface area contributed by atoms with Crippen molar-refractivity contribution in [2.45, 2.75) is 12.3 Å². The van der Waals surface area contributed by atoms with E-state index in [1.165, 1.54) is 29.2 Å². The Bertz CT molecular complexity index is 1050. The molecule has 1 aromatic carbocycles. The molecule has 0 fully saturated rings. The second-order valence-electron chi connectivity index (χ2n) is 5.98. The SMILES string of the molecule is Cn1cc(C(O)CNc2cnn(-c3cccc(C(F)(F)F)c3)c(=O)c2Cl)cn1. The molecule has 0 amide bonds. The summed E-state index contributed by atoms with van der Waals surface area (Å²) in [4.78, 5) is 12.4. The number of anilines is 1. The molecule has 7 nitrogen and oxygen atoms in total. The predicted molar refractivity (Wildman–Crippen MR) is 96.5 cm³/mol. The van der Waals surface area contributed by atoms with Gasteiger partial charge in [0, 0.05) is 25.4 Å². The van der Waals surface area contributed by atoms with Gasteiger partial charge in [-0.25, -0.2) is 0 Å². The lowest BCUT2D eigenvalue weighted by Crippen LogP contribution is -2.24. The van der Waals surface area contributed by atoms with Crippen LogP contribution in [0.4, 0.5) is 18.9 Å². The molecule has 11 heteroatoms. The van der Waals surface area contributed by atoms with E-state index in [4.69, 9.17) is 11.6 Å². The number of aromatic nitrogens is 4. The number of rotatable bonds is 5. The summed E-state index contributed by atoms with van der Waals surface area (Å²) in [5.41, 5.74) is -1.05. The first-order valence-corrected chi connectivity index (χ1v) is 8.40. The van der Waals surface area contributed by atoms with Crippen LogP contribution in [0.5, 0.6) is 0 Å². The fourth-order valence-corrected chi connectivity index (χ4v) is 2.69. The van der Waals surface area contributed by atoms with Gasteiger partial charge in [-0.1, -0.05) is 17.7 Å². The molecule has 2 aromatic heterocycles. The second-order valence-corrected chi connectivity index (χ2v) is 6.36. The molecule has 0 saturated heterocycles. The highest BCUT2D eigenvalue weighted by atomic mass is 35.5. The Hall–Kier alpha value is -2.85. The van der Waals surface area contributed by atoms with Crippen molar-refractivity contribution in [3.63, 3.8) is 0 Å². The average molecular weight is 414 g/mol. The van der Waals surface area contributed by atoms with Crippen molar-refractivity contribution >= 4 is 17.3 Å². The lowest BCUT2D eigenvalue weighted by Gasteiger charge is -2.14. The van der Waals surface area contributed by atoms with Crippen molar-refractivity contribution in [2.24, 2.45) is 7.05 Å². The minimum Gasteiger partial charge on any atom is -0.386 e. The maximum Gasteiger partial charge on any atom is 0.416 e. The molecule has 1 unspecified atom stereocenters. The summed E-state index contributed by atoms with van der Waals surface area (Å²) in [6.45, 7) is 0.0279. The Morgan fingerprint density at radius 3 is 2.68 bits per heavy atom. The minimum atomic E-state index is -4.55. The summed E-state index contributed by atoms with van der Waals surface area (Å²) in [6, 6.07) is 4.20. The molecule has 0 aliphatic heterocycles. The molecular weight excluding hydrogens is 399 g/mol. The molecule has 0 radical (unpaired) electrons. The van der Waals surface area contributed by atoms with E-state index in [0.717, 1.165) is 16.8 Å². The van der Waals surface area contributed by atoms with Crippen LogP contribution in [0.15, 0.2) is 47.7 Å². The van der Waals surface area contributed by atoms with E-state index in [9.17, 15) is 23.1 Å². The van der Waals surface area contributed by atoms with Gasteiger partial charge >= 0.3 is 6.18 Å². The number of nitrogens with one attached hydrogen (secondary N) is 1. The minimum absolute atomic E-state index is 0.0279. The van der Waals surface area contributed by atoms with Gasteiger partial charge in [-0.2, -0.15) is 28.1 Å². The zero-order chi connectivity index (χ0) is 20.5. The molecule has 3 rings (SSSR count). The topological polar surface area (TPSA) is 85.0 Å². The molecule has 3 aromatic rings. The van der Waals surface area contributed by atoms with E-state index in [1.54, 1.807) is 13.2 Å². The van der Waals surface area contributed by atoms with Crippen LogP contribution in [-0.4, -0.2) is 31.2 Å². The number of halogens is 4. The fraction of sp³-hybridized carbons (Fsp3) is 0.235. The molecule has 0 saturated carbocycles. The normalized spacial score (nSPS) is 12.8. The van der Waals surface area contributed by atoms with E-state index >= 15 is 0 Å². The number of alkyl halides is 3. The molecule has 2 N–H and O–H groups in total. The van der Waals surface area contributed by atoms with Crippen molar-refractivity contribution < 1.29 is 18.3 Å². The summed E-state index contributed by atoms with van der Waals surface area (Å²) >= 11 is 6.06. The number of aliphatic hydroxyl groups excluding tert-OH is 1. The molecule has 1 atom stereocenters. The highest BCUT2D eigenvalue weighted by molar-refractivity contribution is 6.32. The monoisotopic (exact) mass is 413 g/mol. The van der Waals surface area contributed by atoms with Gasteiger partial charge in [-0.15, -0.1) is 0 Å². The summed E-state index contributed by atoms with van der Waals surface area (Å²) in [5.74, 6) is 0. The van der Waals surface area contributed by atoms with Gasteiger partial charge in [-0.3, -0.25) is 9.48 Å². The van der Waals surface area contributed by atoms with Crippen LogP contribution < -0.4 is 10.9 Å². The van der Waals surface area contributed by atoms with Crippen LogP contribution in [0, 0.1) is 0 Å². The Morgan fingerprint density at radius 1 is 1.29 bits per heavy atom. The lowest BCUT2D eigenvalue weighted by atomic mass is 10.2. The molecule has 0 aliphatic carbocycles. The molecular formula is C17H15ClF3N5O2. The predicted octanol–water partition coefficient (Wildman–Crippen LogP) is 2.78. The van der Waals surface area contributed by atoms with Crippen molar-refractivity contribution in [1.29, 1.82) is 0 Å². The van der Waals surface area contributed by atoms with Gasteiger partial charge in [0.25, 0.3) is 5.56 Å². The van der Waals surface area contributed by atoms with E-state index in [1.807, 2.05) is 0 Å². The zero-order valence-electron chi connectivity index (χ0n) is 14.5. The molecule has 148 valence electrons. The maximum absolute atomic E-state index is 12.9. The zero-order valence-corrected chi connectivity index (χ0v) is 15.2. The standard InChI is InChI=1S/C17H15ClF3N5O2/c1-25-9-10(6-23-25)14(27)8-22-13-7-24-26(16(28)15(13)18)12-4-2-3-11(5-12)17(19,20)21/h2-7,9,14,22,27H,8H2,1H3. The number of aliphatic hydroxyl groups is 1. The van der Waals surface area contributed by atoms with Gasteiger partial charge < -0.3 is 10.4 Å². The molecule has 28 heavy (non-hydrogen) atoms. The first kappa shape index (κ1) is 19.9. The highest BCUT2D eigenvalue weighted by Gasteiger charge is 2.30. The third kappa shape index (κ3) is 4.18. The number of hydrogen-bond acceptors (Lipinski definition) is 5. The summed E-state index contributed by atoms with van der Waals surface area (Å²) in [7, 11) is 1.71. The molecule has 0 aliphatic rings. The molecule has 0 spiro atoms. The molecule has 2 heterocycles. The fourth-order valence-electron chi connectivity index (χ4n) is 2.49. The average Bonchev–Trinajstić information content (AvgIpc) is 3.08. The Labute approximate surface area is 162 Å². The second kappa shape index (κ2) is 7.64. The van der Waals surface area contributed by atoms with E-state index in [-0.39, 0.29) is 22.9 Å². The van der Waals surface area contributed by atoms with Crippen molar-refractivity contribution in [2.75, 3.05) is 11.9 Å². The number of nitrogens with zero attached hydrogens (tertiary/aromatic N) is 4. The van der Waals surface area contributed by atoms with Crippen molar-refractivity contribution in [3.05, 3.63) is 69.4 Å². The Balaban J connectivity index is 1.83. The van der Waals surface area contributed by atoms with Crippen LogP contribution in [-0.2, 0) is 13.2 Å². The summed E-state index contributed by atoms with van der Waals surface area (Å²) in [5, 5.41) is 20.5. The Morgan fingerprint density at radius 2 is 2.04 bits per heavy atom. The van der Waals surface area contributed by atoms with Gasteiger partial charge in [0.2, 0.25) is 0 Å². The van der Waals surface area contributed by atoms with E-state index in [0.29, 0.717) is 5.56 Å².